The third-order valence-electron chi connectivity index (χ3n) is 5.12. The van der Waals surface area contributed by atoms with Crippen LogP contribution in [0.5, 0.6) is 11.5 Å². The lowest BCUT2D eigenvalue weighted by Crippen LogP contribution is -2.42. The third kappa shape index (κ3) is 5.85. The average Bonchev–Trinajstić information content (AvgIpc) is 2.83. The minimum Gasteiger partial charge on any atom is -0.497 e. The molecule has 0 aliphatic rings. The Morgan fingerprint density at radius 2 is 1.62 bits per heavy atom. The van der Waals surface area contributed by atoms with Crippen LogP contribution in [0.25, 0.3) is 0 Å². The van der Waals surface area contributed by atoms with Gasteiger partial charge in [-0.05, 0) is 67.9 Å². The van der Waals surface area contributed by atoms with Crippen LogP contribution >= 0.6 is 0 Å². The Morgan fingerprint density at radius 1 is 1.00 bits per heavy atom. The summed E-state index contributed by atoms with van der Waals surface area (Å²) in [6, 6.07) is 17.9. The SMILES string of the molecule is CCOc1ccc(C(C)NC(=O)CN(c2ccccc2F)S(=O)(=O)c2ccc(OC)cc2)cc1. The summed E-state index contributed by atoms with van der Waals surface area (Å²) in [4.78, 5) is 12.8. The monoisotopic (exact) mass is 486 g/mol. The van der Waals surface area contributed by atoms with E-state index in [1.807, 2.05) is 19.1 Å². The molecule has 1 N–H and O–H groups in total. The van der Waals surface area contributed by atoms with E-state index in [4.69, 9.17) is 9.47 Å². The van der Waals surface area contributed by atoms with Gasteiger partial charge in [-0.2, -0.15) is 0 Å². The number of carbonyl (C=O) groups is 1. The normalized spacial score (nSPS) is 12.0. The minimum absolute atomic E-state index is 0.0936. The molecule has 34 heavy (non-hydrogen) atoms. The van der Waals surface area contributed by atoms with Gasteiger partial charge in [0.25, 0.3) is 10.0 Å². The number of anilines is 1. The highest BCUT2D eigenvalue weighted by Gasteiger charge is 2.29. The molecule has 1 unspecified atom stereocenters. The van der Waals surface area contributed by atoms with Crippen molar-refractivity contribution in [3.05, 3.63) is 84.2 Å². The second-order valence-electron chi connectivity index (χ2n) is 7.43. The largest absolute Gasteiger partial charge is 0.497 e. The fourth-order valence-electron chi connectivity index (χ4n) is 3.35. The van der Waals surface area contributed by atoms with E-state index in [0.717, 1.165) is 15.9 Å². The highest BCUT2D eigenvalue weighted by molar-refractivity contribution is 7.92. The first-order chi connectivity index (χ1) is 16.3. The number of nitrogens with one attached hydrogen (secondary N) is 1. The number of hydrogen-bond donors (Lipinski definition) is 1. The second-order valence-corrected chi connectivity index (χ2v) is 9.29. The summed E-state index contributed by atoms with van der Waals surface area (Å²) >= 11 is 0. The van der Waals surface area contributed by atoms with Gasteiger partial charge in [0.15, 0.2) is 0 Å². The average molecular weight is 487 g/mol. The van der Waals surface area contributed by atoms with Gasteiger partial charge in [0.2, 0.25) is 5.91 Å². The van der Waals surface area contributed by atoms with Crippen LogP contribution in [-0.2, 0) is 14.8 Å². The molecule has 0 bridgehead atoms. The first kappa shape index (κ1) is 25.0. The number of methoxy groups -OCH3 is 1. The van der Waals surface area contributed by atoms with Crippen LogP contribution in [0.15, 0.2) is 77.7 Å². The van der Waals surface area contributed by atoms with E-state index in [1.54, 1.807) is 19.1 Å². The molecule has 0 aromatic heterocycles. The number of rotatable bonds is 10. The van der Waals surface area contributed by atoms with Crippen molar-refractivity contribution >= 4 is 21.6 Å². The van der Waals surface area contributed by atoms with E-state index in [-0.39, 0.29) is 10.6 Å². The summed E-state index contributed by atoms with van der Waals surface area (Å²) in [6.45, 7) is 3.61. The van der Waals surface area contributed by atoms with Crippen LogP contribution in [0.4, 0.5) is 10.1 Å². The third-order valence-corrected chi connectivity index (χ3v) is 6.90. The van der Waals surface area contributed by atoms with E-state index < -0.39 is 34.3 Å². The van der Waals surface area contributed by atoms with Gasteiger partial charge < -0.3 is 14.8 Å². The van der Waals surface area contributed by atoms with Gasteiger partial charge in [0.05, 0.1) is 30.3 Å². The summed E-state index contributed by atoms with van der Waals surface area (Å²) in [5.74, 6) is -0.159. The summed E-state index contributed by atoms with van der Waals surface area (Å²) in [7, 11) is -2.79. The molecule has 9 heteroatoms. The molecule has 180 valence electrons. The first-order valence-electron chi connectivity index (χ1n) is 10.7. The molecule has 1 atom stereocenters. The summed E-state index contributed by atoms with van der Waals surface area (Å²) in [5, 5.41) is 2.78. The van der Waals surface area contributed by atoms with Gasteiger partial charge in [-0.1, -0.05) is 24.3 Å². The van der Waals surface area contributed by atoms with E-state index in [1.165, 1.54) is 49.6 Å². The minimum atomic E-state index is -4.25. The van der Waals surface area contributed by atoms with Gasteiger partial charge >= 0.3 is 0 Å². The maximum absolute atomic E-state index is 14.6. The quantitative estimate of drug-likeness (QED) is 0.462. The zero-order valence-corrected chi connectivity index (χ0v) is 20.0. The van der Waals surface area contributed by atoms with Gasteiger partial charge in [0.1, 0.15) is 23.9 Å². The molecule has 3 aromatic carbocycles. The Labute approximate surface area is 199 Å². The molecule has 0 saturated carbocycles. The number of carbonyl (C=O) groups excluding carboxylic acids is 1. The maximum atomic E-state index is 14.6. The van der Waals surface area contributed by atoms with Crippen LogP contribution in [0.2, 0.25) is 0 Å². The molecule has 0 radical (unpaired) electrons. The molecule has 0 heterocycles. The smallest absolute Gasteiger partial charge is 0.264 e. The van der Waals surface area contributed by atoms with E-state index >= 15 is 0 Å². The Kier molecular flexibility index (Phi) is 8.12. The Hall–Kier alpha value is -3.59. The number of sulfonamides is 1. The van der Waals surface area contributed by atoms with Crippen molar-refractivity contribution in [1.29, 1.82) is 0 Å². The van der Waals surface area contributed by atoms with Crippen molar-refractivity contribution in [2.75, 3.05) is 24.6 Å². The van der Waals surface area contributed by atoms with Crippen molar-refractivity contribution in [1.82, 2.24) is 5.32 Å². The van der Waals surface area contributed by atoms with Crippen molar-refractivity contribution in [3.63, 3.8) is 0 Å². The Balaban J connectivity index is 1.85. The van der Waals surface area contributed by atoms with E-state index in [0.29, 0.717) is 18.1 Å². The van der Waals surface area contributed by atoms with Crippen molar-refractivity contribution in [3.8, 4) is 11.5 Å². The lowest BCUT2D eigenvalue weighted by atomic mass is 10.1. The zero-order chi connectivity index (χ0) is 24.7. The molecular formula is C25H27FN2O5S. The van der Waals surface area contributed by atoms with Crippen LogP contribution in [0, 0.1) is 5.82 Å². The van der Waals surface area contributed by atoms with Crippen LogP contribution < -0.4 is 19.1 Å². The molecule has 3 rings (SSSR count). The molecule has 3 aromatic rings. The predicted octanol–water partition coefficient (Wildman–Crippen LogP) is 4.31. The molecular weight excluding hydrogens is 459 g/mol. The molecule has 0 aliphatic heterocycles. The van der Waals surface area contributed by atoms with Gasteiger partial charge in [0, 0.05) is 0 Å². The summed E-state index contributed by atoms with van der Waals surface area (Å²) in [6.07, 6.45) is 0. The number of para-hydroxylation sites is 1. The highest BCUT2D eigenvalue weighted by atomic mass is 32.2. The van der Waals surface area contributed by atoms with Crippen molar-refractivity contribution in [2.24, 2.45) is 0 Å². The number of benzene rings is 3. The number of ether oxygens (including phenoxy) is 2. The van der Waals surface area contributed by atoms with Crippen LogP contribution in [-0.4, -0.2) is 34.6 Å². The highest BCUT2D eigenvalue weighted by Crippen LogP contribution is 2.27. The van der Waals surface area contributed by atoms with Gasteiger partial charge in [-0.3, -0.25) is 9.10 Å². The topological polar surface area (TPSA) is 84.9 Å². The van der Waals surface area contributed by atoms with Crippen LogP contribution in [0.1, 0.15) is 25.5 Å². The van der Waals surface area contributed by atoms with E-state index in [2.05, 4.69) is 5.32 Å². The summed E-state index contributed by atoms with van der Waals surface area (Å²) < 4.78 is 52.7. The van der Waals surface area contributed by atoms with Gasteiger partial charge in [-0.25, -0.2) is 12.8 Å². The fourth-order valence-corrected chi connectivity index (χ4v) is 4.78. The molecule has 0 saturated heterocycles. The standard InChI is InChI=1S/C25H27FN2O5S/c1-4-33-21-11-9-19(10-12-21)18(2)27-25(29)17-28(24-8-6-5-7-23(24)26)34(30,31)22-15-13-20(32-3)14-16-22/h5-16,18H,4,17H2,1-3H3,(H,27,29). The second kappa shape index (κ2) is 11.0. The molecule has 0 aliphatic carbocycles. The number of nitrogens with zero attached hydrogens (tertiary/aromatic N) is 1. The molecule has 1 amide bonds. The first-order valence-corrected chi connectivity index (χ1v) is 12.1. The van der Waals surface area contributed by atoms with Crippen LogP contribution in [0.3, 0.4) is 0 Å². The number of amides is 1. The maximum Gasteiger partial charge on any atom is 0.264 e. The van der Waals surface area contributed by atoms with Crippen molar-refractivity contribution in [2.45, 2.75) is 24.8 Å². The Bertz CT molecular complexity index is 1210. The molecule has 0 spiro atoms. The van der Waals surface area contributed by atoms with Crippen molar-refractivity contribution < 1.29 is 27.1 Å². The molecule has 0 fully saturated rings. The summed E-state index contributed by atoms with van der Waals surface area (Å²) in [5.41, 5.74) is 0.592. The zero-order valence-electron chi connectivity index (χ0n) is 19.2. The number of hydrogen-bond acceptors (Lipinski definition) is 5. The lowest BCUT2D eigenvalue weighted by molar-refractivity contribution is -0.120. The number of halogens is 1. The molecule has 7 nitrogen and oxygen atoms in total. The predicted molar refractivity (Wildman–Crippen MR) is 128 cm³/mol. The lowest BCUT2D eigenvalue weighted by Gasteiger charge is -2.25. The van der Waals surface area contributed by atoms with Gasteiger partial charge in [-0.15, -0.1) is 0 Å². The van der Waals surface area contributed by atoms with E-state index in [9.17, 15) is 17.6 Å². The Morgan fingerprint density at radius 3 is 2.21 bits per heavy atom. The fraction of sp³-hybridized carbons (Fsp3) is 0.240.